The van der Waals surface area contributed by atoms with Crippen molar-refractivity contribution in [3.63, 3.8) is 0 Å². The Kier molecular flexibility index (Phi) is 5.22. The molecule has 2 aliphatic heterocycles. The highest BCUT2D eigenvalue weighted by molar-refractivity contribution is 5.91. The van der Waals surface area contributed by atoms with E-state index >= 15 is 0 Å². The summed E-state index contributed by atoms with van der Waals surface area (Å²) < 4.78 is 6.03. The van der Waals surface area contributed by atoms with E-state index in [1.807, 2.05) is 6.07 Å². The topological polar surface area (TPSA) is 88.8 Å². The van der Waals surface area contributed by atoms with Crippen molar-refractivity contribution < 1.29 is 14.3 Å². The van der Waals surface area contributed by atoms with E-state index in [-0.39, 0.29) is 18.1 Å². The largest absolute Gasteiger partial charge is 0.371 e. The maximum Gasteiger partial charge on any atom is 0.267 e. The van der Waals surface area contributed by atoms with Crippen molar-refractivity contribution in [1.29, 1.82) is 0 Å². The van der Waals surface area contributed by atoms with Gasteiger partial charge in [-0.1, -0.05) is 0 Å². The molecule has 0 unspecified atom stereocenters. The molecule has 0 radical (unpaired) electrons. The van der Waals surface area contributed by atoms with Gasteiger partial charge in [-0.25, -0.2) is 0 Å². The van der Waals surface area contributed by atoms with Crippen LogP contribution in [0.15, 0.2) is 18.3 Å². The summed E-state index contributed by atoms with van der Waals surface area (Å²) >= 11 is 0. The second-order valence-corrected chi connectivity index (χ2v) is 7.06. The number of aromatic nitrogens is 1. The van der Waals surface area contributed by atoms with Crippen LogP contribution in [0.2, 0.25) is 0 Å². The van der Waals surface area contributed by atoms with Crippen LogP contribution < -0.4 is 10.6 Å². The van der Waals surface area contributed by atoms with Gasteiger partial charge < -0.3 is 20.3 Å². The average molecular weight is 346 g/mol. The van der Waals surface area contributed by atoms with Crippen LogP contribution in [0.3, 0.4) is 0 Å². The van der Waals surface area contributed by atoms with Crippen molar-refractivity contribution in [1.82, 2.24) is 9.88 Å². The molecule has 2 amide bonds. The van der Waals surface area contributed by atoms with E-state index in [4.69, 9.17) is 10.5 Å². The number of primary amides is 1. The molecule has 2 fully saturated rings. The highest BCUT2D eigenvalue weighted by atomic mass is 16.5. The first-order valence-electron chi connectivity index (χ1n) is 8.83. The van der Waals surface area contributed by atoms with Crippen LogP contribution in [0.5, 0.6) is 0 Å². The predicted octanol–water partition coefficient (Wildman–Crippen LogP) is 1.03. The monoisotopic (exact) mass is 346 g/mol. The quantitative estimate of drug-likeness (QED) is 0.880. The minimum absolute atomic E-state index is 0.0655. The number of rotatable bonds is 4. The first-order chi connectivity index (χ1) is 12.0. The van der Waals surface area contributed by atoms with Gasteiger partial charge >= 0.3 is 0 Å². The standard InChI is InChI=1S/C18H26N4O3/c1-21(2)18(24)16-4-3-15(25-16)12-6-9-22(10-7-12)13-5-8-20-14(11-13)17(19)23/h5,8,11-12,15-16H,3-4,6-7,9-10H2,1-2H3,(H2,19,23)/t15-,16+/m0/s1. The average Bonchev–Trinajstić information content (AvgIpc) is 3.11. The molecule has 3 heterocycles. The molecule has 0 aromatic carbocycles. The Morgan fingerprint density at radius 3 is 2.60 bits per heavy atom. The molecule has 1 aromatic heterocycles. The van der Waals surface area contributed by atoms with Gasteiger partial charge in [-0.3, -0.25) is 14.6 Å². The number of piperidine rings is 1. The zero-order valence-corrected chi connectivity index (χ0v) is 14.9. The Bertz CT molecular complexity index is 641. The summed E-state index contributed by atoms with van der Waals surface area (Å²) in [6, 6.07) is 3.66. The van der Waals surface area contributed by atoms with E-state index in [1.54, 1.807) is 31.3 Å². The van der Waals surface area contributed by atoms with Crippen molar-refractivity contribution in [2.24, 2.45) is 11.7 Å². The maximum absolute atomic E-state index is 12.0. The maximum atomic E-state index is 12.0. The third kappa shape index (κ3) is 3.92. The second kappa shape index (κ2) is 7.39. The third-order valence-corrected chi connectivity index (χ3v) is 5.20. The smallest absolute Gasteiger partial charge is 0.267 e. The molecule has 0 spiro atoms. The molecular formula is C18H26N4O3. The normalized spacial score (nSPS) is 24.3. The van der Waals surface area contributed by atoms with Crippen molar-refractivity contribution in [3.8, 4) is 0 Å². The lowest BCUT2D eigenvalue weighted by atomic mass is 9.89. The minimum atomic E-state index is -0.507. The summed E-state index contributed by atoms with van der Waals surface area (Å²) in [6.45, 7) is 1.80. The van der Waals surface area contributed by atoms with E-state index in [9.17, 15) is 9.59 Å². The number of amides is 2. The van der Waals surface area contributed by atoms with Crippen molar-refractivity contribution in [2.75, 3.05) is 32.1 Å². The fourth-order valence-corrected chi connectivity index (χ4v) is 3.76. The number of nitrogens with two attached hydrogens (primary N) is 1. The van der Waals surface area contributed by atoms with Gasteiger partial charge in [0.15, 0.2) is 0 Å². The highest BCUT2D eigenvalue weighted by Crippen LogP contribution is 2.33. The Morgan fingerprint density at radius 1 is 1.24 bits per heavy atom. The van der Waals surface area contributed by atoms with E-state index in [0.717, 1.165) is 44.5 Å². The lowest BCUT2D eigenvalue weighted by Gasteiger charge is -2.36. The van der Waals surface area contributed by atoms with Crippen LogP contribution in [0.25, 0.3) is 0 Å². The Morgan fingerprint density at radius 2 is 1.96 bits per heavy atom. The van der Waals surface area contributed by atoms with Gasteiger partial charge in [0.1, 0.15) is 11.8 Å². The highest BCUT2D eigenvalue weighted by Gasteiger charge is 2.37. The zero-order chi connectivity index (χ0) is 18.0. The summed E-state index contributed by atoms with van der Waals surface area (Å²) in [4.78, 5) is 31.2. The first-order valence-corrected chi connectivity index (χ1v) is 8.83. The fourth-order valence-electron chi connectivity index (χ4n) is 3.76. The third-order valence-electron chi connectivity index (χ3n) is 5.20. The molecule has 1 aromatic rings. The Balaban J connectivity index is 1.55. The summed E-state index contributed by atoms with van der Waals surface area (Å²) in [5.41, 5.74) is 6.59. The number of ether oxygens (including phenoxy) is 1. The van der Waals surface area contributed by atoms with Gasteiger partial charge in [-0.2, -0.15) is 0 Å². The van der Waals surface area contributed by atoms with E-state index in [1.165, 1.54) is 0 Å². The van der Waals surface area contributed by atoms with Crippen LogP contribution in [-0.2, 0) is 9.53 Å². The van der Waals surface area contributed by atoms with Crippen molar-refractivity contribution >= 4 is 17.5 Å². The lowest BCUT2D eigenvalue weighted by molar-refractivity contribution is -0.141. The number of likely N-dealkylation sites (N-methyl/N-ethyl adjacent to an activating group) is 1. The molecule has 7 nitrogen and oxygen atoms in total. The molecule has 7 heteroatoms. The van der Waals surface area contributed by atoms with Crippen LogP contribution >= 0.6 is 0 Å². The van der Waals surface area contributed by atoms with Crippen molar-refractivity contribution in [3.05, 3.63) is 24.0 Å². The molecule has 2 saturated heterocycles. The van der Waals surface area contributed by atoms with Crippen LogP contribution in [-0.4, -0.2) is 61.1 Å². The molecule has 136 valence electrons. The number of carbonyl (C=O) groups excluding carboxylic acids is 2. The van der Waals surface area contributed by atoms with Crippen molar-refractivity contribution in [2.45, 2.75) is 37.9 Å². The molecule has 25 heavy (non-hydrogen) atoms. The number of pyridine rings is 1. The molecule has 3 rings (SSSR count). The fraction of sp³-hybridized carbons (Fsp3) is 0.611. The zero-order valence-electron chi connectivity index (χ0n) is 14.9. The number of anilines is 1. The van der Waals surface area contributed by atoms with E-state index in [0.29, 0.717) is 11.6 Å². The van der Waals surface area contributed by atoms with Gasteiger partial charge in [0.25, 0.3) is 11.8 Å². The van der Waals surface area contributed by atoms with E-state index < -0.39 is 5.91 Å². The minimum Gasteiger partial charge on any atom is -0.371 e. The first kappa shape index (κ1) is 17.7. The van der Waals surface area contributed by atoms with Crippen LogP contribution in [0.4, 0.5) is 5.69 Å². The number of hydrogen-bond donors (Lipinski definition) is 1. The number of nitrogens with zero attached hydrogens (tertiary/aromatic N) is 3. The number of carbonyl (C=O) groups is 2. The van der Waals surface area contributed by atoms with Gasteiger partial charge in [-0.05, 0) is 43.7 Å². The summed E-state index contributed by atoms with van der Waals surface area (Å²) in [5.74, 6) is 0.0389. The molecule has 0 bridgehead atoms. The van der Waals surface area contributed by atoms with E-state index in [2.05, 4.69) is 9.88 Å². The summed E-state index contributed by atoms with van der Waals surface area (Å²) in [7, 11) is 3.54. The molecule has 0 aliphatic carbocycles. The predicted molar refractivity (Wildman–Crippen MR) is 94.3 cm³/mol. The SMILES string of the molecule is CN(C)C(=O)[C@H]1CC[C@@H](C2CCN(c3ccnc(C(N)=O)c3)CC2)O1. The van der Waals surface area contributed by atoms with Gasteiger partial charge in [0.05, 0.1) is 6.10 Å². The molecule has 2 N–H and O–H groups in total. The van der Waals surface area contributed by atoms with Crippen LogP contribution in [0, 0.1) is 5.92 Å². The second-order valence-electron chi connectivity index (χ2n) is 7.06. The molecular weight excluding hydrogens is 320 g/mol. The number of hydrogen-bond acceptors (Lipinski definition) is 5. The Hall–Kier alpha value is -2.15. The van der Waals surface area contributed by atoms with Gasteiger partial charge in [-0.15, -0.1) is 0 Å². The summed E-state index contributed by atoms with van der Waals surface area (Å²) in [6.07, 6.45) is 5.32. The molecule has 2 atom stereocenters. The van der Waals surface area contributed by atoms with Crippen LogP contribution in [0.1, 0.15) is 36.2 Å². The molecule has 0 saturated carbocycles. The van der Waals surface area contributed by atoms with Gasteiger partial charge in [0, 0.05) is 39.1 Å². The molecule has 2 aliphatic rings. The summed E-state index contributed by atoms with van der Waals surface area (Å²) in [5, 5.41) is 0. The Labute approximate surface area is 148 Å². The van der Waals surface area contributed by atoms with Gasteiger partial charge in [0.2, 0.25) is 0 Å². The lowest BCUT2D eigenvalue weighted by Crippen LogP contribution is -2.39.